The first-order chi connectivity index (χ1) is 15.6. The quantitative estimate of drug-likeness (QED) is 0.340. The van der Waals surface area contributed by atoms with Crippen LogP contribution >= 0.6 is 11.6 Å². The Kier molecular flexibility index (Phi) is 6.54. The lowest BCUT2D eigenvalue weighted by Gasteiger charge is -2.17. The van der Waals surface area contributed by atoms with Gasteiger partial charge in [0, 0.05) is 23.5 Å². The number of amides is 2. The third-order valence-corrected chi connectivity index (χ3v) is 4.61. The topological polar surface area (TPSA) is 130 Å². The van der Waals surface area contributed by atoms with Gasteiger partial charge in [0.2, 0.25) is 5.95 Å². The van der Waals surface area contributed by atoms with Gasteiger partial charge in [0.15, 0.2) is 5.82 Å². The largest absolute Gasteiger partial charge is 0.394 e. The van der Waals surface area contributed by atoms with E-state index < -0.39 is 12.1 Å². The molecule has 0 aliphatic heterocycles. The zero-order valence-corrected chi connectivity index (χ0v) is 17.4. The van der Waals surface area contributed by atoms with Crippen LogP contribution in [0, 0.1) is 0 Å². The fourth-order valence-electron chi connectivity index (χ4n) is 2.90. The predicted molar refractivity (Wildman–Crippen MR) is 120 cm³/mol. The van der Waals surface area contributed by atoms with Gasteiger partial charge < -0.3 is 21.1 Å². The number of aromatic nitrogens is 5. The molecule has 1 aromatic carbocycles. The van der Waals surface area contributed by atoms with E-state index in [1.165, 1.54) is 10.9 Å². The summed E-state index contributed by atoms with van der Waals surface area (Å²) in [6.07, 6.45) is 8.04. The van der Waals surface area contributed by atoms with Crippen LogP contribution < -0.4 is 16.0 Å². The van der Waals surface area contributed by atoms with Gasteiger partial charge in [-0.25, -0.2) is 14.5 Å². The van der Waals surface area contributed by atoms with Gasteiger partial charge in [0.25, 0.3) is 0 Å². The van der Waals surface area contributed by atoms with Crippen LogP contribution in [0.4, 0.5) is 22.1 Å². The van der Waals surface area contributed by atoms with Crippen LogP contribution in [0.15, 0.2) is 73.4 Å². The highest BCUT2D eigenvalue weighted by atomic mass is 35.5. The first kappa shape index (κ1) is 21.2. The maximum atomic E-state index is 12.4. The van der Waals surface area contributed by atoms with Crippen molar-refractivity contribution in [3.63, 3.8) is 0 Å². The lowest BCUT2D eigenvalue weighted by Crippen LogP contribution is -2.34. The molecule has 11 heteroatoms. The number of aliphatic hydroxyl groups is 1. The molecule has 3 aromatic heterocycles. The van der Waals surface area contributed by atoms with Gasteiger partial charge in [-0.05, 0) is 29.8 Å². The van der Waals surface area contributed by atoms with Gasteiger partial charge in [-0.15, -0.1) is 0 Å². The molecule has 0 fully saturated rings. The second-order valence-electron chi connectivity index (χ2n) is 6.67. The van der Waals surface area contributed by atoms with Crippen LogP contribution in [0.1, 0.15) is 11.6 Å². The van der Waals surface area contributed by atoms with E-state index in [-0.39, 0.29) is 6.61 Å². The summed E-state index contributed by atoms with van der Waals surface area (Å²) in [5, 5.41) is 22.9. The average molecular weight is 451 g/mol. The number of urea groups is 1. The minimum Gasteiger partial charge on any atom is -0.394 e. The molecule has 32 heavy (non-hydrogen) atoms. The SMILES string of the molecule is O=C(Nc1cnn(-c2ccnc(Nc3cccnc3)n2)c1)NC(CO)c1cccc(Cl)c1. The maximum absolute atomic E-state index is 12.4. The van der Waals surface area contributed by atoms with Crippen molar-refractivity contribution in [3.8, 4) is 5.82 Å². The number of nitrogens with zero attached hydrogens (tertiary/aromatic N) is 5. The Labute approximate surface area is 188 Å². The van der Waals surface area contributed by atoms with Gasteiger partial charge in [0.05, 0.1) is 42.6 Å². The number of hydrogen-bond donors (Lipinski definition) is 4. The second kappa shape index (κ2) is 9.86. The number of nitrogens with one attached hydrogen (secondary N) is 3. The summed E-state index contributed by atoms with van der Waals surface area (Å²) in [6, 6.07) is 11.2. The molecule has 4 rings (SSSR count). The molecule has 0 aliphatic carbocycles. The number of halogens is 1. The van der Waals surface area contributed by atoms with Crippen LogP contribution in [-0.4, -0.2) is 42.5 Å². The highest BCUT2D eigenvalue weighted by Gasteiger charge is 2.15. The third-order valence-electron chi connectivity index (χ3n) is 4.37. The van der Waals surface area contributed by atoms with Crippen molar-refractivity contribution < 1.29 is 9.90 Å². The summed E-state index contributed by atoms with van der Waals surface area (Å²) in [5.41, 5.74) is 1.90. The Morgan fingerprint density at radius 3 is 2.81 bits per heavy atom. The monoisotopic (exact) mass is 450 g/mol. The summed E-state index contributed by atoms with van der Waals surface area (Å²) in [7, 11) is 0. The number of carbonyl (C=O) groups is 1. The number of carbonyl (C=O) groups excluding carboxylic acids is 1. The van der Waals surface area contributed by atoms with Crippen LogP contribution in [-0.2, 0) is 0 Å². The molecule has 1 unspecified atom stereocenters. The Morgan fingerprint density at radius 2 is 2.03 bits per heavy atom. The van der Waals surface area contributed by atoms with Crippen molar-refractivity contribution >= 4 is 35.0 Å². The smallest absolute Gasteiger partial charge is 0.319 e. The Morgan fingerprint density at radius 1 is 1.12 bits per heavy atom. The van der Waals surface area contributed by atoms with Gasteiger partial charge in [-0.1, -0.05) is 23.7 Å². The highest BCUT2D eigenvalue weighted by Crippen LogP contribution is 2.18. The molecule has 0 bridgehead atoms. The van der Waals surface area contributed by atoms with Gasteiger partial charge in [0.1, 0.15) is 0 Å². The zero-order valence-electron chi connectivity index (χ0n) is 16.7. The Balaban J connectivity index is 1.41. The van der Waals surface area contributed by atoms with Crippen LogP contribution in [0.25, 0.3) is 5.82 Å². The average Bonchev–Trinajstić information content (AvgIpc) is 3.27. The minimum absolute atomic E-state index is 0.277. The Bertz CT molecular complexity index is 1200. The van der Waals surface area contributed by atoms with Crippen LogP contribution in [0.2, 0.25) is 5.02 Å². The van der Waals surface area contributed by atoms with Gasteiger partial charge in [-0.2, -0.15) is 10.1 Å². The molecule has 0 spiro atoms. The number of aliphatic hydroxyl groups excluding tert-OH is 1. The molecular weight excluding hydrogens is 432 g/mol. The Hall–Kier alpha value is -4.02. The number of hydrogen-bond acceptors (Lipinski definition) is 7. The first-order valence-electron chi connectivity index (χ1n) is 9.60. The molecule has 2 amide bonds. The highest BCUT2D eigenvalue weighted by molar-refractivity contribution is 6.30. The number of anilines is 3. The van der Waals surface area contributed by atoms with Crippen LogP contribution in [0.3, 0.4) is 0 Å². The van der Waals surface area contributed by atoms with E-state index in [2.05, 4.69) is 36.0 Å². The summed E-state index contributed by atoms with van der Waals surface area (Å²) < 4.78 is 1.51. The molecule has 1 atom stereocenters. The third kappa shape index (κ3) is 5.36. The van der Waals surface area contributed by atoms with Crippen LogP contribution in [0.5, 0.6) is 0 Å². The molecular formula is C21H19ClN8O2. The maximum Gasteiger partial charge on any atom is 0.319 e. The second-order valence-corrected chi connectivity index (χ2v) is 7.10. The number of benzene rings is 1. The molecule has 0 radical (unpaired) electrons. The van der Waals surface area contributed by atoms with E-state index in [4.69, 9.17) is 11.6 Å². The summed E-state index contributed by atoms with van der Waals surface area (Å²) >= 11 is 5.99. The summed E-state index contributed by atoms with van der Waals surface area (Å²) in [4.78, 5) is 25.0. The fraction of sp³-hybridized carbons (Fsp3) is 0.0952. The predicted octanol–water partition coefficient (Wildman–Crippen LogP) is 3.31. The van der Waals surface area contributed by atoms with E-state index in [9.17, 15) is 9.90 Å². The summed E-state index contributed by atoms with van der Waals surface area (Å²) in [6.45, 7) is -0.277. The zero-order chi connectivity index (χ0) is 22.3. The summed E-state index contributed by atoms with van der Waals surface area (Å²) in [5.74, 6) is 0.887. The van der Waals surface area contributed by atoms with Crippen molar-refractivity contribution in [2.24, 2.45) is 0 Å². The van der Waals surface area contributed by atoms with Crippen molar-refractivity contribution in [1.82, 2.24) is 30.0 Å². The lowest BCUT2D eigenvalue weighted by molar-refractivity contribution is 0.225. The molecule has 4 aromatic rings. The standard InChI is InChI=1S/C21H19ClN8O2/c22-15-4-1-3-14(9-15)18(13-31)28-21(32)27-17-11-25-30(12-17)19-6-8-24-20(29-19)26-16-5-2-7-23-10-16/h1-12,18,31H,13H2,(H,24,26,29)(H2,27,28,32). The molecule has 4 N–H and O–H groups in total. The van der Waals surface area contributed by atoms with Crippen molar-refractivity contribution in [2.45, 2.75) is 6.04 Å². The molecule has 162 valence electrons. The van der Waals surface area contributed by atoms with Crippen molar-refractivity contribution in [3.05, 3.63) is 84.0 Å². The number of pyridine rings is 1. The molecule has 0 saturated heterocycles. The first-order valence-corrected chi connectivity index (χ1v) is 9.97. The van der Waals surface area contributed by atoms with E-state index in [0.29, 0.717) is 28.0 Å². The van der Waals surface area contributed by atoms with E-state index >= 15 is 0 Å². The van der Waals surface area contributed by atoms with E-state index in [1.807, 2.05) is 6.07 Å². The minimum atomic E-state index is -0.605. The fourth-order valence-corrected chi connectivity index (χ4v) is 3.10. The molecule has 3 heterocycles. The van der Waals surface area contributed by atoms with Crippen molar-refractivity contribution in [1.29, 1.82) is 0 Å². The molecule has 10 nitrogen and oxygen atoms in total. The van der Waals surface area contributed by atoms with E-state index in [0.717, 1.165) is 5.69 Å². The van der Waals surface area contributed by atoms with E-state index in [1.54, 1.807) is 61.2 Å². The van der Waals surface area contributed by atoms with Gasteiger partial charge >= 0.3 is 6.03 Å². The normalized spacial score (nSPS) is 11.6. The molecule has 0 saturated carbocycles. The van der Waals surface area contributed by atoms with Gasteiger partial charge in [-0.3, -0.25) is 4.98 Å². The molecule has 0 aliphatic rings. The van der Waals surface area contributed by atoms with Crippen molar-refractivity contribution in [2.75, 3.05) is 17.2 Å². The number of rotatable bonds is 7. The lowest BCUT2D eigenvalue weighted by atomic mass is 10.1.